The number of benzene rings is 1. The predicted octanol–water partition coefficient (Wildman–Crippen LogP) is 1.06. The summed E-state index contributed by atoms with van der Waals surface area (Å²) in [5, 5.41) is 10.0. The molecule has 1 aliphatic heterocycles. The molecule has 1 fully saturated rings. The highest BCUT2D eigenvalue weighted by atomic mass is 32.2. The first-order valence-electron chi connectivity index (χ1n) is 6.52. The van der Waals surface area contributed by atoms with Gasteiger partial charge in [0.2, 0.25) is 11.8 Å². The molecule has 0 aliphatic carbocycles. The Hall–Kier alpha value is -1.86. The maximum atomic E-state index is 12.3. The highest BCUT2D eigenvalue weighted by Crippen LogP contribution is 2.34. The van der Waals surface area contributed by atoms with Crippen molar-refractivity contribution < 1.29 is 19.5 Å². The number of imide groups is 1. The summed E-state index contributed by atoms with van der Waals surface area (Å²) in [6.45, 7) is 1.80. The van der Waals surface area contributed by atoms with E-state index in [0.717, 1.165) is 22.2 Å². The molecule has 1 aliphatic rings. The zero-order valence-corrected chi connectivity index (χ0v) is 12.4. The van der Waals surface area contributed by atoms with E-state index >= 15 is 0 Å². The Bertz CT molecular complexity index is 576. The summed E-state index contributed by atoms with van der Waals surface area (Å²) < 4.78 is 0. The minimum atomic E-state index is -0.712. The molecular weight excluding hydrogens is 292 g/mol. The van der Waals surface area contributed by atoms with E-state index in [1.807, 2.05) is 19.1 Å². The van der Waals surface area contributed by atoms with Crippen LogP contribution < -0.4 is 10.2 Å². The van der Waals surface area contributed by atoms with E-state index in [4.69, 9.17) is 5.11 Å². The van der Waals surface area contributed by atoms with Crippen LogP contribution in [0.25, 0.3) is 0 Å². The largest absolute Gasteiger partial charge is 0.395 e. The first kappa shape index (κ1) is 15.5. The molecule has 2 rings (SSSR count). The molecule has 1 aromatic rings. The summed E-state index contributed by atoms with van der Waals surface area (Å²) in [6, 6.07) is 7.12. The highest BCUT2D eigenvalue weighted by molar-refractivity contribution is 8.15. The number of nitrogens with one attached hydrogen (secondary N) is 1. The van der Waals surface area contributed by atoms with Gasteiger partial charge >= 0.3 is 0 Å². The van der Waals surface area contributed by atoms with Gasteiger partial charge in [-0.3, -0.25) is 14.4 Å². The van der Waals surface area contributed by atoms with Crippen LogP contribution in [0.4, 0.5) is 10.5 Å². The van der Waals surface area contributed by atoms with Crippen molar-refractivity contribution in [1.29, 1.82) is 0 Å². The number of para-hydroxylation sites is 1. The van der Waals surface area contributed by atoms with Gasteiger partial charge in [-0.25, -0.2) is 4.90 Å². The second-order valence-corrected chi connectivity index (χ2v) is 5.76. The fourth-order valence-electron chi connectivity index (χ4n) is 2.06. The lowest BCUT2D eigenvalue weighted by atomic mass is 10.1. The topological polar surface area (TPSA) is 86.7 Å². The average Bonchev–Trinajstić information content (AvgIpc) is 2.72. The maximum Gasteiger partial charge on any atom is 0.293 e. The molecule has 0 saturated carbocycles. The van der Waals surface area contributed by atoms with Crippen LogP contribution in [0.15, 0.2) is 24.3 Å². The Morgan fingerprint density at radius 3 is 2.76 bits per heavy atom. The number of rotatable bonds is 5. The Kier molecular flexibility index (Phi) is 4.98. The molecule has 2 N–H and O–H groups in total. The van der Waals surface area contributed by atoms with Crippen molar-refractivity contribution >= 4 is 34.5 Å². The van der Waals surface area contributed by atoms with Gasteiger partial charge in [-0.15, -0.1) is 0 Å². The number of aliphatic hydroxyl groups is 1. The first-order valence-corrected chi connectivity index (χ1v) is 7.40. The molecule has 1 heterocycles. The van der Waals surface area contributed by atoms with Gasteiger partial charge in [-0.1, -0.05) is 18.2 Å². The number of nitrogens with zero attached hydrogens (tertiary/aromatic N) is 1. The summed E-state index contributed by atoms with van der Waals surface area (Å²) >= 11 is 0.861. The van der Waals surface area contributed by atoms with Gasteiger partial charge < -0.3 is 10.4 Å². The first-order chi connectivity index (χ1) is 10.0. The quantitative estimate of drug-likeness (QED) is 0.849. The lowest BCUT2D eigenvalue weighted by Gasteiger charge is -2.16. The molecule has 7 heteroatoms. The van der Waals surface area contributed by atoms with Gasteiger partial charge in [-0.05, 0) is 30.3 Å². The third-order valence-corrected chi connectivity index (χ3v) is 4.12. The number of hydrogen-bond donors (Lipinski definition) is 2. The van der Waals surface area contributed by atoms with Gasteiger partial charge in [0.05, 0.1) is 12.3 Å². The molecule has 3 amide bonds. The minimum absolute atomic E-state index is 0.0718. The third kappa shape index (κ3) is 3.43. The number of thioether (sulfide) groups is 1. The monoisotopic (exact) mass is 308 g/mol. The molecule has 1 aromatic carbocycles. The molecule has 21 heavy (non-hydrogen) atoms. The van der Waals surface area contributed by atoms with Gasteiger partial charge in [0.1, 0.15) is 5.25 Å². The Morgan fingerprint density at radius 2 is 2.10 bits per heavy atom. The van der Waals surface area contributed by atoms with E-state index in [0.29, 0.717) is 5.69 Å². The van der Waals surface area contributed by atoms with Crippen LogP contribution in [-0.4, -0.2) is 40.6 Å². The van der Waals surface area contributed by atoms with Gasteiger partial charge in [0.25, 0.3) is 5.24 Å². The van der Waals surface area contributed by atoms with E-state index in [9.17, 15) is 14.4 Å². The predicted molar refractivity (Wildman–Crippen MR) is 80.2 cm³/mol. The number of aliphatic hydroxyl groups excluding tert-OH is 1. The molecule has 1 atom stereocenters. The van der Waals surface area contributed by atoms with Crippen molar-refractivity contribution in [3.63, 3.8) is 0 Å². The Labute approximate surface area is 126 Å². The fraction of sp³-hybridized carbons (Fsp3) is 0.357. The average molecular weight is 308 g/mol. The van der Waals surface area contributed by atoms with Crippen LogP contribution in [0.2, 0.25) is 0 Å². The summed E-state index contributed by atoms with van der Waals surface area (Å²) in [7, 11) is 0. The molecule has 0 radical (unpaired) electrons. The van der Waals surface area contributed by atoms with Crippen molar-refractivity contribution in [2.45, 2.75) is 18.6 Å². The highest BCUT2D eigenvalue weighted by Gasteiger charge is 2.41. The van der Waals surface area contributed by atoms with Crippen LogP contribution in [0, 0.1) is 6.92 Å². The van der Waals surface area contributed by atoms with Crippen molar-refractivity contribution in [2.24, 2.45) is 0 Å². The number of aryl methyl sites for hydroxylation is 1. The van der Waals surface area contributed by atoms with Crippen molar-refractivity contribution in [2.75, 3.05) is 18.1 Å². The maximum absolute atomic E-state index is 12.3. The molecule has 1 saturated heterocycles. The van der Waals surface area contributed by atoms with E-state index in [-0.39, 0.29) is 36.6 Å². The summed E-state index contributed by atoms with van der Waals surface area (Å²) in [5.74, 6) is -0.729. The van der Waals surface area contributed by atoms with Crippen LogP contribution >= 0.6 is 11.8 Å². The number of anilines is 1. The van der Waals surface area contributed by atoms with Crippen molar-refractivity contribution in [3.8, 4) is 0 Å². The number of carbonyl (C=O) groups is 3. The van der Waals surface area contributed by atoms with Crippen LogP contribution in [0.3, 0.4) is 0 Å². The molecule has 1 unspecified atom stereocenters. The molecule has 112 valence electrons. The van der Waals surface area contributed by atoms with E-state index in [1.54, 1.807) is 12.1 Å². The van der Waals surface area contributed by atoms with Crippen molar-refractivity contribution in [1.82, 2.24) is 5.32 Å². The van der Waals surface area contributed by atoms with E-state index < -0.39 is 5.25 Å². The van der Waals surface area contributed by atoms with Gasteiger partial charge in [0.15, 0.2) is 0 Å². The lowest BCUT2D eigenvalue weighted by Crippen LogP contribution is -2.35. The zero-order valence-electron chi connectivity index (χ0n) is 11.5. The smallest absolute Gasteiger partial charge is 0.293 e. The Morgan fingerprint density at radius 1 is 1.38 bits per heavy atom. The minimum Gasteiger partial charge on any atom is -0.395 e. The second-order valence-electron chi connectivity index (χ2n) is 4.61. The van der Waals surface area contributed by atoms with E-state index in [2.05, 4.69) is 5.32 Å². The lowest BCUT2D eigenvalue weighted by molar-refractivity contribution is -0.124. The summed E-state index contributed by atoms with van der Waals surface area (Å²) in [5.41, 5.74) is 1.38. The Balaban J connectivity index is 2.10. The van der Waals surface area contributed by atoms with Crippen molar-refractivity contribution in [3.05, 3.63) is 29.8 Å². The number of hydrogen-bond acceptors (Lipinski definition) is 5. The molecule has 0 spiro atoms. The van der Waals surface area contributed by atoms with Crippen LogP contribution in [-0.2, 0) is 9.59 Å². The van der Waals surface area contributed by atoms with Crippen LogP contribution in [0.5, 0.6) is 0 Å². The number of amides is 3. The number of carbonyl (C=O) groups excluding carboxylic acids is 3. The third-order valence-electron chi connectivity index (χ3n) is 3.08. The molecule has 0 aromatic heterocycles. The SMILES string of the molecule is Cc1ccccc1N1C(=O)SC(CC(=O)NCCO)C1=O. The normalized spacial score (nSPS) is 18.2. The van der Waals surface area contributed by atoms with Gasteiger partial charge in [0, 0.05) is 13.0 Å². The molecular formula is C14H16N2O4S. The summed E-state index contributed by atoms with van der Waals surface area (Å²) in [6.07, 6.45) is -0.0718. The second kappa shape index (κ2) is 6.73. The van der Waals surface area contributed by atoms with Crippen LogP contribution in [0.1, 0.15) is 12.0 Å². The standard InChI is InChI=1S/C14H16N2O4S/c1-9-4-2-3-5-10(9)16-13(19)11(21-14(16)20)8-12(18)15-6-7-17/h2-5,11,17H,6-8H2,1H3,(H,15,18). The molecule has 6 nitrogen and oxygen atoms in total. The van der Waals surface area contributed by atoms with E-state index in [1.165, 1.54) is 0 Å². The fourth-order valence-corrected chi connectivity index (χ4v) is 3.03. The van der Waals surface area contributed by atoms with Gasteiger partial charge in [-0.2, -0.15) is 0 Å². The summed E-state index contributed by atoms with van der Waals surface area (Å²) in [4.78, 5) is 37.1. The molecule has 0 bridgehead atoms. The zero-order chi connectivity index (χ0) is 15.4.